The Bertz CT molecular complexity index is 1150. The topological polar surface area (TPSA) is 122 Å². The van der Waals surface area contributed by atoms with E-state index in [-0.39, 0.29) is 10.6 Å². The van der Waals surface area contributed by atoms with E-state index in [2.05, 4.69) is 20.8 Å². The molecule has 14 heteroatoms. The van der Waals surface area contributed by atoms with Crippen LogP contribution in [0.5, 0.6) is 0 Å². The van der Waals surface area contributed by atoms with Crippen molar-refractivity contribution in [1.82, 2.24) is 24.9 Å². The first-order valence-electron chi connectivity index (χ1n) is 8.03. The van der Waals surface area contributed by atoms with Gasteiger partial charge < -0.3 is 5.32 Å². The predicted octanol–water partition coefficient (Wildman–Crippen LogP) is 3.35. The van der Waals surface area contributed by atoms with Crippen molar-refractivity contribution in [2.24, 2.45) is 0 Å². The SMILES string of the molecule is CS(=O)(O)(NC(=O)Nc1ccc(Cl)c(C(F)(F)F)c1)c1ccc(-n2cnnn2)cc1. The molecule has 0 saturated heterocycles. The van der Waals surface area contributed by atoms with Gasteiger partial charge in [-0.3, -0.25) is 4.55 Å². The van der Waals surface area contributed by atoms with E-state index in [1.54, 1.807) is 0 Å². The van der Waals surface area contributed by atoms with Gasteiger partial charge in [-0.2, -0.15) is 17.4 Å². The van der Waals surface area contributed by atoms with E-state index >= 15 is 0 Å². The van der Waals surface area contributed by atoms with Crippen LogP contribution >= 0.6 is 11.6 Å². The van der Waals surface area contributed by atoms with Crippen LogP contribution in [0.4, 0.5) is 23.7 Å². The first kappa shape index (κ1) is 21.7. The molecule has 9 nitrogen and oxygen atoms in total. The molecule has 1 aromatic heterocycles. The zero-order valence-electron chi connectivity index (χ0n) is 15.1. The zero-order valence-corrected chi connectivity index (χ0v) is 16.7. The van der Waals surface area contributed by atoms with Crippen LogP contribution in [0.3, 0.4) is 0 Å². The summed E-state index contributed by atoms with van der Waals surface area (Å²) in [6.07, 6.45) is -2.52. The number of carbonyl (C=O) groups excluding carboxylic acids is 1. The lowest BCUT2D eigenvalue weighted by atomic mass is 10.2. The summed E-state index contributed by atoms with van der Waals surface area (Å²) in [5, 5.41) is 12.2. The number of alkyl halides is 3. The standard InChI is InChI=1S/C16H14ClF3N6O3S/c1-30(28,29,12-5-3-11(4-6-12)26-9-21-24-25-26)23-15(27)22-10-2-7-14(17)13(8-10)16(18,19)20/h2-9H,1H3,(H3,22,23,27,28,29). The number of nitrogens with one attached hydrogen (secondary N) is 2. The van der Waals surface area contributed by atoms with E-state index in [4.69, 9.17) is 11.6 Å². The molecule has 160 valence electrons. The van der Waals surface area contributed by atoms with Gasteiger partial charge in [-0.1, -0.05) is 11.6 Å². The Hall–Kier alpha value is -3.03. The molecule has 3 aromatic rings. The number of benzene rings is 2. The Morgan fingerprint density at radius 1 is 1.20 bits per heavy atom. The zero-order chi connectivity index (χ0) is 22.2. The van der Waals surface area contributed by atoms with Gasteiger partial charge in [0, 0.05) is 11.9 Å². The number of rotatable bonds is 4. The number of hydrogen-bond donors (Lipinski definition) is 3. The van der Waals surface area contributed by atoms with E-state index in [0.29, 0.717) is 11.8 Å². The number of amides is 2. The van der Waals surface area contributed by atoms with Crippen molar-refractivity contribution in [1.29, 1.82) is 0 Å². The monoisotopic (exact) mass is 462 g/mol. The second-order valence-corrected chi connectivity index (χ2v) is 9.93. The Labute approximate surface area is 172 Å². The van der Waals surface area contributed by atoms with E-state index in [0.717, 1.165) is 18.4 Å². The van der Waals surface area contributed by atoms with Gasteiger partial charge in [0.25, 0.3) is 0 Å². The summed E-state index contributed by atoms with van der Waals surface area (Å²) in [6.45, 7) is 0. The fraction of sp³-hybridized carbons (Fsp3) is 0.125. The van der Waals surface area contributed by atoms with Gasteiger partial charge in [-0.05, 0) is 52.9 Å². The number of nitrogens with zero attached hydrogens (tertiary/aromatic N) is 4. The molecule has 30 heavy (non-hydrogen) atoms. The molecule has 0 aliphatic carbocycles. The maximum atomic E-state index is 13.0. The van der Waals surface area contributed by atoms with Crippen molar-refractivity contribution in [2.45, 2.75) is 11.1 Å². The summed E-state index contributed by atoms with van der Waals surface area (Å²) in [6, 6.07) is 7.00. The maximum Gasteiger partial charge on any atom is 0.417 e. The fourth-order valence-corrected chi connectivity index (χ4v) is 4.06. The molecule has 0 radical (unpaired) electrons. The molecule has 1 heterocycles. The van der Waals surface area contributed by atoms with Crippen LogP contribution in [0.2, 0.25) is 5.02 Å². The van der Waals surface area contributed by atoms with Gasteiger partial charge in [-0.15, -0.1) is 14.6 Å². The van der Waals surface area contributed by atoms with Gasteiger partial charge in [0.1, 0.15) is 6.33 Å². The van der Waals surface area contributed by atoms with Gasteiger partial charge in [0.15, 0.2) is 0 Å². The van der Waals surface area contributed by atoms with E-state index in [9.17, 15) is 26.7 Å². The second kappa shape index (κ2) is 7.34. The molecule has 0 saturated carbocycles. The second-order valence-electron chi connectivity index (χ2n) is 6.28. The minimum Gasteiger partial charge on any atom is -0.307 e. The van der Waals surface area contributed by atoms with Crippen LogP contribution in [0.1, 0.15) is 5.56 Å². The molecule has 3 N–H and O–H groups in total. The summed E-state index contributed by atoms with van der Waals surface area (Å²) >= 11 is 5.53. The van der Waals surface area contributed by atoms with Crippen LogP contribution in [0, 0.1) is 0 Å². The first-order chi connectivity index (χ1) is 13.8. The molecule has 0 aliphatic heterocycles. The molecule has 0 aliphatic rings. The molecule has 2 aromatic carbocycles. The van der Waals surface area contributed by atoms with Crippen molar-refractivity contribution in [3.8, 4) is 5.69 Å². The lowest BCUT2D eigenvalue weighted by Gasteiger charge is -2.39. The molecule has 0 unspecified atom stereocenters. The fourth-order valence-electron chi connectivity index (χ4n) is 2.45. The van der Waals surface area contributed by atoms with Crippen molar-refractivity contribution in [3.05, 3.63) is 59.4 Å². The minimum atomic E-state index is -4.89. The van der Waals surface area contributed by atoms with Gasteiger partial charge in [-0.25, -0.2) is 14.2 Å². The molecular formula is C16H14ClF3N6O3S. The van der Waals surface area contributed by atoms with Crippen molar-refractivity contribution in [2.75, 3.05) is 11.6 Å². The summed E-state index contributed by atoms with van der Waals surface area (Å²) in [4.78, 5) is 12.1. The van der Waals surface area contributed by atoms with Crippen molar-refractivity contribution in [3.63, 3.8) is 0 Å². The number of urea groups is 1. The number of aromatic nitrogens is 4. The molecule has 0 bridgehead atoms. The maximum absolute atomic E-state index is 13.0. The Morgan fingerprint density at radius 3 is 2.43 bits per heavy atom. The number of hydrogen-bond acceptors (Lipinski definition) is 5. The molecule has 0 atom stereocenters. The highest BCUT2D eigenvalue weighted by Gasteiger charge is 2.33. The van der Waals surface area contributed by atoms with Gasteiger partial charge in [0.05, 0.1) is 21.2 Å². The van der Waals surface area contributed by atoms with Crippen molar-refractivity contribution >= 4 is 32.9 Å². The third-order valence-corrected chi connectivity index (χ3v) is 6.25. The average molecular weight is 463 g/mol. The summed E-state index contributed by atoms with van der Waals surface area (Å²) in [7, 11) is -4.89. The summed E-state index contributed by atoms with van der Waals surface area (Å²) in [5.41, 5.74) is -0.920. The molecule has 0 fully saturated rings. The van der Waals surface area contributed by atoms with E-state index < -0.39 is 32.3 Å². The quantitative estimate of drug-likeness (QED) is 0.546. The number of anilines is 1. The lowest BCUT2D eigenvalue weighted by Crippen LogP contribution is -2.50. The molecule has 2 amide bonds. The lowest BCUT2D eigenvalue weighted by molar-refractivity contribution is -0.137. The predicted molar refractivity (Wildman–Crippen MR) is 103 cm³/mol. The summed E-state index contributed by atoms with van der Waals surface area (Å²) < 4.78 is 65.6. The Morgan fingerprint density at radius 2 is 1.87 bits per heavy atom. The largest absolute Gasteiger partial charge is 0.417 e. The van der Waals surface area contributed by atoms with E-state index in [1.165, 1.54) is 35.3 Å². The van der Waals surface area contributed by atoms with Crippen LogP contribution < -0.4 is 10.0 Å². The highest BCUT2D eigenvalue weighted by atomic mass is 35.5. The van der Waals surface area contributed by atoms with Gasteiger partial charge >= 0.3 is 12.2 Å². The van der Waals surface area contributed by atoms with Crippen LogP contribution in [-0.4, -0.2) is 41.3 Å². The number of halogens is 4. The third-order valence-electron chi connectivity index (χ3n) is 3.87. The Kier molecular flexibility index (Phi) is 5.30. The average Bonchev–Trinajstić information content (AvgIpc) is 3.16. The van der Waals surface area contributed by atoms with Crippen LogP contribution in [0.15, 0.2) is 53.7 Å². The first-order valence-corrected chi connectivity index (χ1v) is 10.7. The highest BCUT2D eigenvalue weighted by Crippen LogP contribution is 2.36. The smallest absolute Gasteiger partial charge is 0.307 e. The molecule has 0 spiro atoms. The summed E-state index contributed by atoms with van der Waals surface area (Å²) in [5.74, 6) is 0. The molecular weight excluding hydrogens is 449 g/mol. The van der Waals surface area contributed by atoms with E-state index in [1.807, 2.05) is 4.72 Å². The Balaban J connectivity index is 1.79. The minimum absolute atomic E-state index is 0.133. The number of carbonyl (C=O) groups is 1. The number of tetrazole rings is 1. The van der Waals surface area contributed by atoms with Crippen molar-refractivity contribution < 1.29 is 26.7 Å². The third kappa shape index (κ3) is 4.75. The normalized spacial score (nSPS) is 13.3. The van der Waals surface area contributed by atoms with Crippen LogP contribution in [-0.2, 0) is 15.7 Å². The van der Waals surface area contributed by atoms with Crippen LogP contribution in [0.25, 0.3) is 5.69 Å². The molecule has 3 rings (SSSR count). The highest BCUT2D eigenvalue weighted by molar-refractivity contribution is 8.13. The van der Waals surface area contributed by atoms with Gasteiger partial charge in [0.2, 0.25) is 0 Å².